The van der Waals surface area contributed by atoms with Crippen LogP contribution >= 0.6 is 23.1 Å². The van der Waals surface area contributed by atoms with Crippen LogP contribution in [0.25, 0.3) is 10.2 Å². The van der Waals surface area contributed by atoms with Crippen molar-refractivity contribution in [1.82, 2.24) is 14.9 Å². The van der Waals surface area contributed by atoms with Gasteiger partial charge in [0.05, 0.1) is 17.2 Å². The molecule has 1 fully saturated rings. The molecule has 0 aromatic carbocycles. The van der Waals surface area contributed by atoms with Crippen LogP contribution in [0.2, 0.25) is 0 Å². The maximum absolute atomic E-state index is 12.9. The third-order valence-electron chi connectivity index (χ3n) is 5.51. The van der Waals surface area contributed by atoms with Gasteiger partial charge in [-0.25, -0.2) is 4.98 Å². The normalized spacial score (nSPS) is 18.6. The van der Waals surface area contributed by atoms with Gasteiger partial charge >= 0.3 is 0 Å². The second-order valence-electron chi connectivity index (χ2n) is 7.57. The predicted molar refractivity (Wildman–Crippen MR) is 107 cm³/mol. The standard InChI is InChI=1S/C19H22N4O2S2/c1-19(10-20,11-7-8-11)22-14(24)9-26-18-21-16-15(17(25)23(18)2)12-5-3-4-6-13(12)27-16/h11H,3-9H2,1-2H3,(H,22,24). The zero-order valence-electron chi connectivity index (χ0n) is 15.5. The van der Waals surface area contributed by atoms with Crippen molar-refractivity contribution in [2.24, 2.45) is 13.0 Å². The van der Waals surface area contributed by atoms with Gasteiger partial charge in [0.15, 0.2) is 5.16 Å². The van der Waals surface area contributed by atoms with E-state index in [-0.39, 0.29) is 23.1 Å². The lowest BCUT2D eigenvalue weighted by Crippen LogP contribution is -2.47. The Balaban J connectivity index is 1.54. The number of fused-ring (bicyclic) bond motifs is 3. The highest BCUT2D eigenvalue weighted by Gasteiger charge is 2.43. The van der Waals surface area contributed by atoms with Crippen LogP contribution < -0.4 is 10.9 Å². The molecule has 1 atom stereocenters. The Labute approximate surface area is 166 Å². The summed E-state index contributed by atoms with van der Waals surface area (Å²) in [6.45, 7) is 1.78. The zero-order valence-corrected chi connectivity index (χ0v) is 17.1. The molecular weight excluding hydrogens is 380 g/mol. The third-order valence-corrected chi connectivity index (χ3v) is 7.73. The van der Waals surface area contributed by atoms with E-state index in [1.807, 2.05) is 0 Å². The molecule has 2 aliphatic rings. The molecule has 4 rings (SSSR count). The number of thioether (sulfide) groups is 1. The van der Waals surface area contributed by atoms with Crippen molar-refractivity contribution in [3.05, 3.63) is 20.8 Å². The fourth-order valence-corrected chi connectivity index (χ4v) is 5.81. The summed E-state index contributed by atoms with van der Waals surface area (Å²) >= 11 is 2.87. The van der Waals surface area contributed by atoms with E-state index in [9.17, 15) is 14.9 Å². The van der Waals surface area contributed by atoms with Gasteiger partial charge in [-0.05, 0) is 56.9 Å². The fraction of sp³-hybridized carbons (Fsp3) is 0.579. The number of thiophene rings is 1. The zero-order chi connectivity index (χ0) is 19.2. The van der Waals surface area contributed by atoms with Crippen LogP contribution in [0.3, 0.4) is 0 Å². The summed E-state index contributed by atoms with van der Waals surface area (Å²) < 4.78 is 1.55. The summed E-state index contributed by atoms with van der Waals surface area (Å²) in [6.07, 6.45) is 6.23. The number of rotatable bonds is 5. The smallest absolute Gasteiger partial charge is 0.262 e. The molecule has 1 N–H and O–H groups in total. The van der Waals surface area contributed by atoms with Gasteiger partial charge in [0, 0.05) is 11.9 Å². The Hall–Kier alpha value is -1.85. The van der Waals surface area contributed by atoms with Crippen LogP contribution in [-0.2, 0) is 24.7 Å². The van der Waals surface area contributed by atoms with Gasteiger partial charge < -0.3 is 5.32 Å². The average molecular weight is 403 g/mol. The Morgan fingerprint density at radius 2 is 2.19 bits per heavy atom. The van der Waals surface area contributed by atoms with E-state index in [0.29, 0.717) is 5.16 Å². The van der Waals surface area contributed by atoms with Crippen LogP contribution in [0.15, 0.2) is 9.95 Å². The lowest BCUT2D eigenvalue weighted by Gasteiger charge is -2.22. The van der Waals surface area contributed by atoms with Crippen LogP contribution in [0.4, 0.5) is 0 Å². The first-order valence-electron chi connectivity index (χ1n) is 9.29. The Morgan fingerprint density at radius 3 is 2.89 bits per heavy atom. The number of carbonyl (C=O) groups is 1. The molecule has 27 heavy (non-hydrogen) atoms. The Kier molecular flexibility index (Phi) is 4.77. The SMILES string of the molecule is Cn1c(SCC(=O)NC(C)(C#N)C2CC2)nc2sc3c(c2c1=O)CCCC3. The number of aryl methyl sites for hydroxylation is 2. The Bertz CT molecular complexity index is 1020. The molecule has 1 unspecified atom stereocenters. The number of hydrogen-bond acceptors (Lipinski definition) is 6. The van der Waals surface area contributed by atoms with Crippen molar-refractivity contribution >= 4 is 39.2 Å². The maximum atomic E-state index is 12.9. The van der Waals surface area contributed by atoms with E-state index in [4.69, 9.17) is 0 Å². The third kappa shape index (κ3) is 3.39. The molecule has 0 radical (unpaired) electrons. The highest BCUT2D eigenvalue weighted by molar-refractivity contribution is 7.99. The number of nitriles is 1. The molecule has 8 heteroatoms. The van der Waals surface area contributed by atoms with E-state index in [2.05, 4.69) is 16.4 Å². The molecule has 0 aliphatic heterocycles. The van der Waals surface area contributed by atoms with Gasteiger partial charge in [-0.3, -0.25) is 14.2 Å². The minimum Gasteiger partial charge on any atom is -0.337 e. The van der Waals surface area contributed by atoms with E-state index in [1.54, 1.807) is 29.9 Å². The molecule has 2 aromatic rings. The maximum Gasteiger partial charge on any atom is 0.262 e. The predicted octanol–water partition coefficient (Wildman–Crippen LogP) is 2.77. The van der Waals surface area contributed by atoms with Crippen LogP contribution in [0, 0.1) is 17.2 Å². The number of carbonyl (C=O) groups excluding carboxylic acids is 1. The average Bonchev–Trinajstić information content (AvgIpc) is 3.45. The van der Waals surface area contributed by atoms with Gasteiger partial charge in [-0.2, -0.15) is 5.26 Å². The minimum atomic E-state index is -0.798. The molecule has 0 saturated heterocycles. The second-order valence-corrected chi connectivity index (χ2v) is 9.60. The number of amides is 1. The topological polar surface area (TPSA) is 87.8 Å². The van der Waals surface area contributed by atoms with Gasteiger partial charge in [-0.15, -0.1) is 11.3 Å². The highest BCUT2D eigenvalue weighted by atomic mass is 32.2. The van der Waals surface area contributed by atoms with Crippen molar-refractivity contribution in [3.8, 4) is 6.07 Å². The molecular formula is C19H22N4O2S2. The largest absolute Gasteiger partial charge is 0.337 e. The first-order valence-corrected chi connectivity index (χ1v) is 11.1. The number of aromatic nitrogens is 2. The van der Waals surface area contributed by atoms with Gasteiger partial charge in [0.1, 0.15) is 10.4 Å². The van der Waals surface area contributed by atoms with Crippen LogP contribution in [0.5, 0.6) is 0 Å². The molecule has 1 saturated carbocycles. The van der Waals surface area contributed by atoms with E-state index < -0.39 is 5.54 Å². The second kappa shape index (κ2) is 6.95. The molecule has 2 aliphatic carbocycles. The molecule has 1 amide bonds. The van der Waals surface area contributed by atoms with Crippen molar-refractivity contribution in [3.63, 3.8) is 0 Å². The summed E-state index contributed by atoms with van der Waals surface area (Å²) in [7, 11) is 1.71. The summed E-state index contributed by atoms with van der Waals surface area (Å²) in [5, 5.41) is 13.5. The summed E-state index contributed by atoms with van der Waals surface area (Å²) in [4.78, 5) is 32.0. The first kappa shape index (κ1) is 18.5. The van der Waals surface area contributed by atoms with Gasteiger partial charge in [0.25, 0.3) is 5.56 Å². The lowest BCUT2D eigenvalue weighted by molar-refractivity contribution is -0.119. The van der Waals surface area contributed by atoms with Crippen LogP contribution in [0.1, 0.15) is 43.0 Å². The van der Waals surface area contributed by atoms with E-state index in [1.165, 1.54) is 28.6 Å². The quantitative estimate of drug-likeness (QED) is 0.614. The van der Waals surface area contributed by atoms with Crippen molar-refractivity contribution in [1.29, 1.82) is 5.26 Å². The Morgan fingerprint density at radius 1 is 1.44 bits per heavy atom. The van der Waals surface area contributed by atoms with Gasteiger partial charge in [0.2, 0.25) is 5.91 Å². The van der Waals surface area contributed by atoms with Crippen molar-refractivity contribution in [2.75, 3.05) is 5.75 Å². The molecule has 2 heterocycles. The minimum absolute atomic E-state index is 0.0258. The number of nitrogens with zero attached hydrogens (tertiary/aromatic N) is 3. The van der Waals surface area contributed by atoms with Gasteiger partial charge in [-0.1, -0.05) is 11.8 Å². The molecule has 2 aromatic heterocycles. The molecule has 142 valence electrons. The van der Waals surface area contributed by atoms with Crippen molar-refractivity contribution in [2.45, 2.75) is 56.1 Å². The van der Waals surface area contributed by atoms with E-state index >= 15 is 0 Å². The highest BCUT2D eigenvalue weighted by Crippen LogP contribution is 2.39. The lowest BCUT2D eigenvalue weighted by atomic mass is 9.97. The monoisotopic (exact) mass is 402 g/mol. The summed E-state index contributed by atoms with van der Waals surface area (Å²) in [5.41, 5.74) is 0.355. The first-order chi connectivity index (χ1) is 12.9. The number of hydrogen-bond donors (Lipinski definition) is 1. The van der Waals surface area contributed by atoms with E-state index in [0.717, 1.165) is 42.3 Å². The summed E-state index contributed by atoms with van der Waals surface area (Å²) in [6, 6.07) is 2.23. The fourth-order valence-electron chi connectivity index (χ4n) is 3.73. The number of nitrogens with one attached hydrogen (secondary N) is 1. The molecule has 6 nitrogen and oxygen atoms in total. The van der Waals surface area contributed by atoms with Crippen LogP contribution in [-0.4, -0.2) is 26.8 Å². The molecule has 0 spiro atoms. The summed E-state index contributed by atoms with van der Waals surface area (Å²) in [5.74, 6) is 0.185. The molecule has 0 bridgehead atoms. The van der Waals surface area contributed by atoms with Crippen molar-refractivity contribution < 1.29 is 4.79 Å².